The smallest absolute Gasteiger partial charge is 0.123 e. The van der Waals surface area contributed by atoms with Crippen LogP contribution in [0.3, 0.4) is 0 Å². The van der Waals surface area contributed by atoms with E-state index in [9.17, 15) is 5.11 Å². The van der Waals surface area contributed by atoms with Crippen LogP contribution in [-0.4, -0.2) is 16.8 Å². The molecular formula is C14H16BrNO2. The molecule has 1 aromatic heterocycles. The van der Waals surface area contributed by atoms with Crippen LogP contribution in [-0.2, 0) is 6.54 Å². The predicted molar refractivity (Wildman–Crippen MR) is 74.9 cm³/mol. The monoisotopic (exact) mass is 309 g/mol. The maximum atomic E-state index is 9.69. The number of halogens is 1. The highest BCUT2D eigenvalue weighted by molar-refractivity contribution is 9.10. The average molecular weight is 310 g/mol. The summed E-state index contributed by atoms with van der Waals surface area (Å²) in [5.74, 6) is 0.850. The van der Waals surface area contributed by atoms with E-state index in [2.05, 4.69) is 15.9 Å². The van der Waals surface area contributed by atoms with Gasteiger partial charge in [0.1, 0.15) is 5.75 Å². The first-order valence-electron chi connectivity index (χ1n) is 5.77. The molecule has 0 bridgehead atoms. The van der Waals surface area contributed by atoms with Gasteiger partial charge in [0.25, 0.3) is 0 Å². The fourth-order valence-electron chi connectivity index (χ4n) is 2.00. The molecule has 1 unspecified atom stereocenters. The number of benzene rings is 1. The van der Waals surface area contributed by atoms with E-state index in [4.69, 9.17) is 4.74 Å². The maximum absolute atomic E-state index is 9.69. The molecule has 0 amide bonds. The Morgan fingerprint density at radius 1 is 1.39 bits per heavy atom. The molecule has 3 nitrogen and oxygen atoms in total. The summed E-state index contributed by atoms with van der Waals surface area (Å²) in [5, 5.41) is 9.69. The van der Waals surface area contributed by atoms with Gasteiger partial charge in [0.2, 0.25) is 0 Å². The van der Waals surface area contributed by atoms with Crippen molar-refractivity contribution in [1.82, 2.24) is 4.57 Å². The molecular weight excluding hydrogens is 294 g/mol. The van der Waals surface area contributed by atoms with Gasteiger partial charge in [-0.25, -0.2) is 0 Å². The first-order valence-corrected chi connectivity index (χ1v) is 6.56. The zero-order valence-electron chi connectivity index (χ0n) is 10.4. The molecule has 4 heteroatoms. The van der Waals surface area contributed by atoms with Crippen LogP contribution in [0, 0.1) is 0 Å². The number of methoxy groups -OCH3 is 1. The second-order valence-corrected chi connectivity index (χ2v) is 5.11. The number of nitrogens with zero attached hydrogens (tertiary/aromatic N) is 1. The number of aliphatic hydroxyl groups excluding tert-OH is 1. The molecule has 1 N–H and O–H groups in total. The first kappa shape index (κ1) is 13.2. The molecule has 0 aliphatic carbocycles. The molecule has 2 aromatic rings. The molecule has 1 atom stereocenters. The lowest BCUT2D eigenvalue weighted by Crippen LogP contribution is -2.06. The van der Waals surface area contributed by atoms with Crippen LogP contribution in [0.25, 0.3) is 0 Å². The average Bonchev–Trinajstić information content (AvgIpc) is 2.77. The van der Waals surface area contributed by atoms with Gasteiger partial charge in [-0.15, -0.1) is 0 Å². The molecule has 96 valence electrons. The van der Waals surface area contributed by atoms with Gasteiger partial charge < -0.3 is 14.4 Å². The minimum Gasteiger partial charge on any atom is -0.496 e. The van der Waals surface area contributed by atoms with Crippen LogP contribution in [0.15, 0.2) is 41.0 Å². The Morgan fingerprint density at radius 2 is 2.17 bits per heavy atom. The third-order valence-corrected chi connectivity index (χ3v) is 3.37. The zero-order valence-corrected chi connectivity index (χ0v) is 12.0. The molecule has 0 spiro atoms. The summed E-state index contributed by atoms with van der Waals surface area (Å²) in [6.07, 6.45) is 1.49. The lowest BCUT2D eigenvalue weighted by Gasteiger charge is -2.14. The van der Waals surface area contributed by atoms with Crippen LogP contribution >= 0.6 is 15.9 Å². The van der Waals surface area contributed by atoms with Crippen molar-refractivity contribution in [1.29, 1.82) is 0 Å². The number of aliphatic hydroxyl groups is 1. The van der Waals surface area contributed by atoms with E-state index >= 15 is 0 Å². The fraction of sp³-hybridized carbons (Fsp3) is 0.286. The molecule has 0 aliphatic rings. The minimum atomic E-state index is -0.474. The number of rotatable bonds is 4. The van der Waals surface area contributed by atoms with E-state index in [1.807, 2.05) is 41.1 Å². The molecule has 2 rings (SSSR count). The lowest BCUT2D eigenvalue weighted by atomic mass is 10.2. The van der Waals surface area contributed by atoms with Crippen molar-refractivity contribution in [2.45, 2.75) is 19.6 Å². The van der Waals surface area contributed by atoms with Crippen molar-refractivity contribution in [2.24, 2.45) is 0 Å². The SMILES string of the molecule is COc1ccc(Br)cc1Cn1cccc1C(C)O. The fourth-order valence-corrected chi connectivity index (χ4v) is 2.41. The second kappa shape index (κ2) is 5.59. The number of hydrogen-bond donors (Lipinski definition) is 1. The standard InChI is InChI=1S/C14H16BrNO2/c1-10(17)13-4-3-7-16(13)9-11-8-12(15)5-6-14(11)18-2/h3-8,10,17H,9H2,1-2H3. The highest BCUT2D eigenvalue weighted by Gasteiger charge is 2.10. The van der Waals surface area contributed by atoms with Crippen LogP contribution < -0.4 is 4.74 Å². The third-order valence-electron chi connectivity index (χ3n) is 2.88. The normalized spacial score (nSPS) is 12.4. The van der Waals surface area contributed by atoms with Gasteiger partial charge in [0, 0.05) is 21.9 Å². The van der Waals surface area contributed by atoms with Crippen molar-refractivity contribution < 1.29 is 9.84 Å². The minimum absolute atomic E-state index is 0.474. The number of hydrogen-bond acceptors (Lipinski definition) is 2. The number of ether oxygens (including phenoxy) is 1. The zero-order chi connectivity index (χ0) is 13.1. The molecule has 0 saturated carbocycles. The van der Waals surface area contributed by atoms with E-state index < -0.39 is 6.10 Å². The summed E-state index contributed by atoms with van der Waals surface area (Å²) < 4.78 is 8.39. The Labute approximate surface area is 115 Å². The predicted octanol–water partition coefficient (Wildman–Crippen LogP) is 3.36. The Kier molecular flexibility index (Phi) is 4.09. The molecule has 0 aliphatic heterocycles. The highest BCUT2D eigenvalue weighted by atomic mass is 79.9. The van der Waals surface area contributed by atoms with Gasteiger partial charge in [-0.2, -0.15) is 0 Å². The molecule has 1 heterocycles. The lowest BCUT2D eigenvalue weighted by molar-refractivity contribution is 0.189. The summed E-state index contributed by atoms with van der Waals surface area (Å²) >= 11 is 3.46. The van der Waals surface area contributed by atoms with Gasteiger partial charge >= 0.3 is 0 Å². The molecule has 0 radical (unpaired) electrons. The van der Waals surface area contributed by atoms with Gasteiger partial charge in [-0.3, -0.25) is 0 Å². The van der Waals surface area contributed by atoms with Crippen molar-refractivity contribution >= 4 is 15.9 Å². The van der Waals surface area contributed by atoms with E-state index in [1.165, 1.54) is 0 Å². The first-order chi connectivity index (χ1) is 8.61. The van der Waals surface area contributed by atoms with Crippen LogP contribution in [0.4, 0.5) is 0 Å². The largest absolute Gasteiger partial charge is 0.496 e. The van der Waals surface area contributed by atoms with E-state index in [0.29, 0.717) is 6.54 Å². The Morgan fingerprint density at radius 3 is 2.83 bits per heavy atom. The van der Waals surface area contributed by atoms with E-state index in [0.717, 1.165) is 21.5 Å². The van der Waals surface area contributed by atoms with E-state index in [-0.39, 0.29) is 0 Å². The molecule has 1 aromatic carbocycles. The van der Waals surface area contributed by atoms with Crippen LogP contribution in [0.1, 0.15) is 24.3 Å². The van der Waals surface area contributed by atoms with Crippen LogP contribution in [0.2, 0.25) is 0 Å². The second-order valence-electron chi connectivity index (χ2n) is 4.19. The maximum Gasteiger partial charge on any atom is 0.123 e. The summed E-state index contributed by atoms with van der Waals surface area (Å²) in [4.78, 5) is 0. The van der Waals surface area contributed by atoms with Gasteiger partial charge in [0.15, 0.2) is 0 Å². The summed E-state index contributed by atoms with van der Waals surface area (Å²) in [6.45, 7) is 2.44. The summed E-state index contributed by atoms with van der Waals surface area (Å²) in [6, 6.07) is 9.78. The quantitative estimate of drug-likeness (QED) is 0.939. The van der Waals surface area contributed by atoms with Crippen molar-refractivity contribution in [3.05, 3.63) is 52.3 Å². The Bertz CT molecular complexity index is 534. The van der Waals surface area contributed by atoms with Gasteiger partial charge in [-0.1, -0.05) is 15.9 Å². The van der Waals surface area contributed by atoms with Gasteiger partial charge in [-0.05, 0) is 37.3 Å². The Balaban J connectivity index is 2.33. The number of aromatic nitrogens is 1. The highest BCUT2D eigenvalue weighted by Crippen LogP contribution is 2.25. The third kappa shape index (κ3) is 2.76. The summed E-state index contributed by atoms with van der Waals surface area (Å²) in [7, 11) is 1.66. The van der Waals surface area contributed by atoms with Crippen LogP contribution in [0.5, 0.6) is 5.75 Å². The van der Waals surface area contributed by atoms with Crippen molar-refractivity contribution in [2.75, 3.05) is 7.11 Å². The van der Waals surface area contributed by atoms with E-state index in [1.54, 1.807) is 14.0 Å². The molecule has 0 saturated heterocycles. The van der Waals surface area contributed by atoms with Gasteiger partial charge in [0.05, 0.1) is 19.8 Å². The molecule has 0 fully saturated rings. The summed E-state index contributed by atoms with van der Waals surface area (Å²) in [5.41, 5.74) is 1.97. The van der Waals surface area contributed by atoms with Crippen molar-refractivity contribution in [3.8, 4) is 5.75 Å². The van der Waals surface area contributed by atoms with Crippen molar-refractivity contribution in [3.63, 3.8) is 0 Å². The Hall–Kier alpha value is -1.26. The topological polar surface area (TPSA) is 34.4 Å². The molecule has 18 heavy (non-hydrogen) atoms.